The van der Waals surface area contributed by atoms with Gasteiger partial charge in [-0.1, -0.05) is 42.4 Å². The van der Waals surface area contributed by atoms with Gasteiger partial charge in [0.05, 0.1) is 0 Å². The second-order valence-corrected chi connectivity index (χ2v) is 4.26. The fourth-order valence-corrected chi connectivity index (χ4v) is 1.55. The summed E-state index contributed by atoms with van der Waals surface area (Å²) in [4.78, 5) is 4.37. The molecule has 1 aromatic heterocycles. The van der Waals surface area contributed by atoms with Crippen LogP contribution in [0.3, 0.4) is 0 Å². The number of rotatable bonds is 5. The van der Waals surface area contributed by atoms with E-state index in [-0.39, 0.29) is 0 Å². The molecule has 0 saturated carbocycles. The normalized spacial score (nSPS) is 12.6. The Morgan fingerprint density at radius 2 is 2.06 bits per heavy atom. The van der Waals surface area contributed by atoms with Gasteiger partial charge in [0, 0.05) is 12.0 Å². The predicted octanol–water partition coefficient (Wildman–Crippen LogP) is 2.26. The van der Waals surface area contributed by atoms with Crippen LogP contribution in [-0.2, 0) is 6.42 Å². The van der Waals surface area contributed by atoms with Crippen LogP contribution in [0.4, 0.5) is 0 Å². The molecule has 0 fully saturated rings. The van der Waals surface area contributed by atoms with Crippen LogP contribution in [0.2, 0.25) is 0 Å². The third-order valence-corrected chi connectivity index (χ3v) is 2.75. The van der Waals surface area contributed by atoms with E-state index in [1.54, 1.807) is 0 Å². The van der Waals surface area contributed by atoms with Crippen molar-refractivity contribution >= 4 is 0 Å². The first-order valence-corrected chi connectivity index (χ1v) is 5.87. The van der Waals surface area contributed by atoms with Crippen LogP contribution >= 0.6 is 0 Å². The van der Waals surface area contributed by atoms with Gasteiger partial charge in [-0.25, -0.2) is 0 Å². The summed E-state index contributed by atoms with van der Waals surface area (Å²) in [5.74, 6) is 1.83. The maximum atomic E-state index is 5.57. The molecule has 2 N–H and O–H groups in total. The lowest BCUT2D eigenvalue weighted by Gasteiger charge is -2.03. The Labute approximate surface area is 101 Å². The van der Waals surface area contributed by atoms with Gasteiger partial charge in [0.2, 0.25) is 11.7 Å². The molecule has 0 amide bonds. The van der Waals surface area contributed by atoms with Gasteiger partial charge < -0.3 is 10.3 Å². The molecule has 0 aliphatic rings. The molecule has 1 aromatic carbocycles. The smallest absolute Gasteiger partial charge is 0.226 e. The quantitative estimate of drug-likeness (QED) is 0.857. The Bertz CT molecular complexity index is 453. The molecule has 0 radical (unpaired) electrons. The topological polar surface area (TPSA) is 64.9 Å². The molecule has 17 heavy (non-hydrogen) atoms. The minimum absolute atomic E-state index is 0.488. The summed E-state index contributed by atoms with van der Waals surface area (Å²) in [6.07, 6.45) is 1.77. The minimum Gasteiger partial charge on any atom is -0.339 e. The largest absolute Gasteiger partial charge is 0.339 e. The molecule has 4 nitrogen and oxygen atoms in total. The van der Waals surface area contributed by atoms with E-state index in [2.05, 4.69) is 17.1 Å². The van der Waals surface area contributed by atoms with Gasteiger partial charge in [-0.2, -0.15) is 4.98 Å². The van der Waals surface area contributed by atoms with Crippen molar-refractivity contribution in [2.75, 3.05) is 6.54 Å². The molecule has 4 heteroatoms. The molecular formula is C13H17N3O. The minimum atomic E-state index is 0.488. The van der Waals surface area contributed by atoms with Crippen LogP contribution < -0.4 is 5.73 Å². The molecule has 90 valence electrons. The van der Waals surface area contributed by atoms with E-state index >= 15 is 0 Å². The van der Waals surface area contributed by atoms with Crippen molar-refractivity contribution < 1.29 is 4.52 Å². The van der Waals surface area contributed by atoms with Crippen molar-refractivity contribution in [1.82, 2.24) is 10.1 Å². The summed E-state index contributed by atoms with van der Waals surface area (Å²) in [7, 11) is 0. The van der Waals surface area contributed by atoms with Gasteiger partial charge in [-0.3, -0.25) is 0 Å². The first-order valence-electron chi connectivity index (χ1n) is 5.87. The highest BCUT2D eigenvalue weighted by molar-refractivity contribution is 5.53. The first kappa shape index (κ1) is 11.8. The van der Waals surface area contributed by atoms with E-state index in [1.807, 2.05) is 30.3 Å². The SMILES string of the molecule is CC(CN)CCc1nc(-c2ccccc2)no1. The summed E-state index contributed by atoms with van der Waals surface area (Å²) in [6.45, 7) is 2.81. The van der Waals surface area contributed by atoms with Crippen LogP contribution in [0, 0.1) is 5.92 Å². The predicted molar refractivity (Wildman–Crippen MR) is 66.3 cm³/mol. The Morgan fingerprint density at radius 3 is 2.76 bits per heavy atom. The number of nitrogens with two attached hydrogens (primary N) is 1. The Hall–Kier alpha value is -1.68. The second kappa shape index (κ2) is 5.59. The molecule has 1 atom stereocenters. The van der Waals surface area contributed by atoms with Gasteiger partial charge in [0.25, 0.3) is 0 Å². The average molecular weight is 231 g/mol. The molecule has 0 bridgehead atoms. The van der Waals surface area contributed by atoms with Gasteiger partial charge in [0.1, 0.15) is 0 Å². The van der Waals surface area contributed by atoms with E-state index in [9.17, 15) is 0 Å². The van der Waals surface area contributed by atoms with Gasteiger partial charge in [-0.15, -0.1) is 0 Å². The summed E-state index contributed by atoms with van der Waals surface area (Å²) in [6, 6.07) is 9.82. The van der Waals surface area contributed by atoms with Crippen LogP contribution in [-0.4, -0.2) is 16.7 Å². The van der Waals surface area contributed by atoms with E-state index < -0.39 is 0 Å². The lowest BCUT2D eigenvalue weighted by molar-refractivity contribution is 0.366. The average Bonchev–Trinajstić information content (AvgIpc) is 2.86. The van der Waals surface area contributed by atoms with Crippen molar-refractivity contribution in [3.05, 3.63) is 36.2 Å². The summed E-state index contributed by atoms with van der Waals surface area (Å²) in [5, 5.41) is 3.97. The summed E-state index contributed by atoms with van der Waals surface area (Å²) in [5.41, 5.74) is 6.55. The van der Waals surface area contributed by atoms with Crippen molar-refractivity contribution in [2.24, 2.45) is 11.7 Å². The highest BCUT2D eigenvalue weighted by Gasteiger charge is 2.09. The monoisotopic (exact) mass is 231 g/mol. The maximum absolute atomic E-state index is 5.57. The number of aryl methyl sites for hydroxylation is 1. The Balaban J connectivity index is 2.01. The van der Waals surface area contributed by atoms with E-state index in [1.165, 1.54) is 0 Å². The molecule has 0 spiro atoms. The third kappa shape index (κ3) is 3.14. The molecular weight excluding hydrogens is 214 g/mol. The van der Waals surface area contributed by atoms with E-state index in [0.717, 1.165) is 18.4 Å². The van der Waals surface area contributed by atoms with Crippen LogP contribution in [0.1, 0.15) is 19.2 Å². The molecule has 1 heterocycles. The number of nitrogens with zero attached hydrogens (tertiary/aromatic N) is 2. The van der Waals surface area contributed by atoms with E-state index in [4.69, 9.17) is 10.3 Å². The molecule has 2 aromatic rings. The molecule has 0 aliphatic heterocycles. The van der Waals surface area contributed by atoms with Crippen molar-refractivity contribution in [3.63, 3.8) is 0 Å². The summed E-state index contributed by atoms with van der Waals surface area (Å²) >= 11 is 0. The van der Waals surface area contributed by atoms with Crippen LogP contribution in [0.5, 0.6) is 0 Å². The number of hydrogen-bond donors (Lipinski definition) is 1. The lowest BCUT2D eigenvalue weighted by atomic mass is 10.1. The van der Waals surface area contributed by atoms with Gasteiger partial charge in [-0.05, 0) is 18.9 Å². The van der Waals surface area contributed by atoms with Crippen molar-refractivity contribution in [1.29, 1.82) is 0 Å². The van der Waals surface area contributed by atoms with Gasteiger partial charge in [0.15, 0.2) is 0 Å². The fourth-order valence-electron chi connectivity index (χ4n) is 1.55. The highest BCUT2D eigenvalue weighted by atomic mass is 16.5. The number of benzene rings is 1. The second-order valence-electron chi connectivity index (χ2n) is 4.26. The standard InChI is InChI=1S/C13H17N3O/c1-10(9-14)7-8-12-15-13(16-17-12)11-5-3-2-4-6-11/h2-6,10H,7-9,14H2,1H3. The zero-order valence-electron chi connectivity index (χ0n) is 9.97. The molecule has 0 aliphatic carbocycles. The lowest BCUT2D eigenvalue weighted by Crippen LogP contribution is -2.11. The fraction of sp³-hybridized carbons (Fsp3) is 0.385. The third-order valence-electron chi connectivity index (χ3n) is 2.75. The highest BCUT2D eigenvalue weighted by Crippen LogP contribution is 2.16. The molecule has 2 rings (SSSR count). The maximum Gasteiger partial charge on any atom is 0.226 e. The summed E-state index contributed by atoms with van der Waals surface area (Å²) < 4.78 is 5.21. The van der Waals surface area contributed by atoms with Crippen molar-refractivity contribution in [3.8, 4) is 11.4 Å². The zero-order chi connectivity index (χ0) is 12.1. The Morgan fingerprint density at radius 1 is 1.29 bits per heavy atom. The van der Waals surface area contributed by atoms with E-state index in [0.29, 0.717) is 24.2 Å². The van der Waals surface area contributed by atoms with Crippen LogP contribution in [0.25, 0.3) is 11.4 Å². The number of aromatic nitrogens is 2. The first-order chi connectivity index (χ1) is 8.29. The molecule has 0 saturated heterocycles. The van der Waals surface area contributed by atoms with Gasteiger partial charge >= 0.3 is 0 Å². The number of hydrogen-bond acceptors (Lipinski definition) is 4. The Kier molecular flexibility index (Phi) is 3.88. The molecule has 1 unspecified atom stereocenters. The zero-order valence-corrected chi connectivity index (χ0v) is 9.97. The van der Waals surface area contributed by atoms with Crippen LogP contribution in [0.15, 0.2) is 34.9 Å². The van der Waals surface area contributed by atoms with Crippen molar-refractivity contribution in [2.45, 2.75) is 19.8 Å².